The van der Waals surface area contributed by atoms with Gasteiger partial charge in [-0.3, -0.25) is 0 Å². The van der Waals surface area contributed by atoms with E-state index in [9.17, 15) is 0 Å². The topological polar surface area (TPSA) is 18.5 Å². The molecular weight excluding hydrogens is 188 g/mol. The molecule has 0 saturated carbocycles. The number of allylic oxidation sites excluding steroid dienone is 1. The lowest BCUT2D eigenvalue weighted by molar-refractivity contribution is -0.133. The third kappa shape index (κ3) is 9.95. The first kappa shape index (κ1) is 14.7. The minimum absolute atomic E-state index is 0.0533. The number of hydrogen-bond donors (Lipinski definition) is 0. The molecule has 15 heavy (non-hydrogen) atoms. The zero-order valence-corrected chi connectivity index (χ0v) is 10.5. The first-order valence-corrected chi connectivity index (χ1v) is 6.23. The average molecular weight is 214 g/mol. The third-order valence-electron chi connectivity index (χ3n) is 2.17. The normalized spacial score (nSPS) is 11.7. The maximum atomic E-state index is 5.44. The molecule has 0 atom stereocenters. The van der Waals surface area contributed by atoms with Gasteiger partial charge in [0, 0.05) is 19.6 Å². The molecule has 0 saturated heterocycles. The molecule has 2 nitrogen and oxygen atoms in total. The molecule has 0 N–H and O–H groups in total. The monoisotopic (exact) mass is 214 g/mol. The molecule has 0 rings (SSSR count). The highest BCUT2D eigenvalue weighted by atomic mass is 16.7. The highest BCUT2D eigenvalue weighted by Gasteiger charge is 2.03. The summed E-state index contributed by atoms with van der Waals surface area (Å²) in [5.74, 6) is 0. The SMILES string of the molecule is CCCCC/C=C/CC(OCC)OCC. The summed E-state index contributed by atoms with van der Waals surface area (Å²) in [6, 6.07) is 0. The van der Waals surface area contributed by atoms with E-state index in [4.69, 9.17) is 9.47 Å². The van der Waals surface area contributed by atoms with Crippen molar-refractivity contribution in [2.24, 2.45) is 0 Å². The summed E-state index contributed by atoms with van der Waals surface area (Å²) >= 11 is 0. The summed E-state index contributed by atoms with van der Waals surface area (Å²) in [5.41, 5.74) is 0. The van der Waals surface area contributed by atoms with Gasteiger partial charge in [0.2, 0.25) is 0 Å². The van der Waals surface area contributed by atoms with E-state index >= 15 is 0 Å². The molecule has 0 aromatic rings. The van der Waals surface area contributed by atoms with Crippen LogP contribution in [0, 0.1) is 0 Å². The lowest BCUT2D eigenvalue weighted by atomic mass is 10.2. The quantitative estimate of drug-likeness (QED) is 0.312. The summed E-state index contributed by atoms with van der Waals surface area (Å²) in [6.45, 7) is 7.65. The summed E-state index contributed by atoms with van der Waals surface area (Å²) in [4.78, 5) is 0. The Morgan fingerprint density at radius 1 is 0.933 bits per heavy atom. The highest BCUT2D eigenvalue weighted by molar-refractivity contribution is 4.82. The Kier molecular flexibility index (Phi) is 11.5. The van der Waals surface area contributed by atoms with E-state index in [-0.39, 0.29) is 6.29 Å². The molecule has 0 aliphatic carbocycles. The standard InChI is InChI=1S/C13H26O2/c1-4-7-8-9-10-11-12-13(14-5-2)15-6-3/h10-11,13H,4-9,12H2,1-3H3/b11-10+. The van der Waals surface area contributed by atoms with Gasteiger partial charge in [-0.05, 0) is 26.7 Å². The van der Waals surface area contributed by atoms with Crippen LogP contribution in [-0.2, 0) is 9.47 Å². The smallest absolute Gasteiger partial charge is 0.160 e. The molecule has 0 heterocycles. The van der Waals surface area contributed by atoms with E-state index in [0.717, 1.165) is 6.42 Å². The van der Waals surface area contributed by atoms with Crippen LogP contribution < -0.4 is 0 Å². The van der Waals surface area contributed by atoms with Gasteiger partial charge in [-0.1, -0.05) is 31.9 Å². The van der Waals surface area contributed by atoms with Crippen LogP contribution in [0.2, 0.25) is 0 Å². The zero-order valence-electron chi connectivity index (χ0n) is 10.5. The van der Waals surface area contributed by atoms with Crippen LogP contribution >= 0.6 is 0 Å². The van der Waals surface area contributed by atoms with Gasteiger partial charge in [0.05, 0.1) is 0 Å². The summed E-state index contributed by atoms with van der Waals surface area (Å²) < 4.78 is 10.9. The predicted octanol–water partition coefficient (Wildman–Crippen LogP) is 3.91. The van der Waals surface area contributed by atoms with Crippen molar-refractivity contribution in [1.29, 1.82) is 0 Å². The van der Waals surface area contributed by atoms with E-state index < -0.39 is 0 Å². The minimum atomic E-state index is -0.0533. The Bertz CT molecular complexity index is 137. The van der Waals surface area contributed by atoms with Gasteiger partial charge >= 0.3 is 0 Å². The van der Waals surface area contributed by atoms with Crippen LogP contribution in [0.3, 0.4) is 0 Å². The molecular formula is C13H26O2. The second-order valence-corrected chi connectivity index (χ2v) is 3.54. The van der Waals surface area contributed by atoms with Crippen molar-refractivity contribution in [3.05, 3.63) is 12.2 Å². The molecule has 0 radical (unpaired) electrons. The van der Waals surface area contributed by atoms with E-state index in [1.165, 1.54) is 25.7 Å². The second kappa shape index (κ2) is 11.7. The molecule has 90 valence electrons. The fourth-order valence-electron chi connectivity index (χ4n) is 1.39. The fourth-order valence-corrected chi connectivity index (χ4v) is 1.39. The van der Waals surface area contributed by atoms with E-state index in [2.05, 4.69) is 19.1 Å². The Morgan fingerprint density at radius 2 is 1.60 bits per heavy atom. The van der Waals surface area contributed by atoms with E-state index in [1.54, 1.807) is 0 Å². The second-order valence-electron chi connectivity index (χ2n) is 3.54. The van der Waals surface area contributed by atoms with Gasteiger partial charge in [-0.2, -0.15) is 0 Å². The number of ether oxygens (including phenoxy) is 2. The van der Waals surface area contributed by atoms with E-state index in [1.807, 2.05) is 13.8 Å². The molecule has 0 aliphatic heterocycles. The van der Waals surface area contributed by atoms with Gasteiger partial charge in [0.25, 0.3) is 0 Å². The number of unbranched alkanes of at least 4 members (excludes halogenated alkanes) is 3. The van der Waals surface area contributed by atoms with Gasteiger partial charge in [-0.25, -0.2) is 0 Å². The minimum Gasteiger partial charge on any atom is -0.353 e. The van der Waals surface area contributed by atoms with Crippen molar-refractivity contribution in [1.82, 2.24) is 0 Å². The molecule has 0 aromatic heterocycles. The average Bonchev–Trinajstić information content (AvgIpc) is 2.24. The largest absolute Gasteiger partial charge is 0.353 e. The summed E-state index contributed by atoms with van der Waals surface area (Å²) in [6.07, 6.45) is 10.3. The fraction of sp³-hybridized carbons (Fsp3) is 0.846. The Balaban J connectivity index is 3.49. The molecule has 0 unspecified atom stereocenters. The van der Waals surface area contributed by atoms with Crippen molar-refractivity contribution < 1.29 is 9.47 Å². The lowest BCUT2D eigenvalue weighted by Gasteiger charge is -2.14. The van der Waals surface area contributed by atoms with Crippen LogP contribution in [-0.4, -0.2) is 19.5 Å². The molecule has 0 amide bonds. The number of hydrogen-bond acceptors (Lipinski definition) is 2. The molecule has 0 fully saturated rings. The molecule has 0 spiro atoms. The number of rotatable bonds is 10. The summed E-state index contributed by atoms with van der Waals surface area (Å²) in [7, 11) is 0. The van der Waals surface area contributed by atoms with Crippen molar-refractivity contribution in [3.8, 4) is 0 Å². The van der Waals surface area contributed by atoms with Crippen LogP contribution in [0.4, 0.5) is 0 Å². The maximum Gasteiger partial charge on any atom is 0.160 e. The van der Waals surface area contributed by atoms with Gasteiger partial charge in [0.15, 0.2) is 6.29 Å². The zero-order chi connectivity index (χ0) is 11.4. The molecule has 2 heteroatoms. The molecule has 0 bridgehead atoms. The van der Waals surface area contributed by atoms with Crippen LogP contribution in [0.1, 0.15) is 52.9 Å². The first-order valence-electron chi connectivity index (χ1n) is 6.23. The van der Waals surface area contributed by atoms with Gasteiger partial charge in [-0.15, -0.1) is 0 Å². The Morgan fingerprint density at radius 3 is 2.13 bits per heavy atom. The Labute approximate surface area is 94.7 Å². The van der Waals surface area contributed by atoms with E-state index in [0.29, 0.717) is 13.2 Å². The van der Waals surface area contributed by atoms with Crippen LogP contribution in [0.15, 0.2) is 12.2 Å². The Hall–Kier alpha value is -0.340. The van der Waals surface area contributed by atoms with Crippen molar-refractivity contribution in [2.45, 2.75) is 59.2 Å². The molecule has 0 aromatic carbocycles. The first-order chi connectivity index (χ1) is 7.35. The van der Waals surface area contributed by atoms with Gasteiger partial charge in [0.1, 0.15) is 0 Å². The van der Waals surface area contributed by atoms with Gasteiger partial charge < -0.3 is 9.47 Å². The van der Waals surface area contributed by atoms with Crippen molar-refractivity contribution in [2.75, 3.05) is 13.2 Å². The summed E-state index contributed by atoms with van der Waals surface area (Å²) in [5, 5.41) is 0. The third-order valence-corrected chi connectivity index (χ3v) is 2.17. The lowest BCUT2D eigenvalue weighted by Crippen LogP contribution is -2.16. The maximum absolute atomic E-state index is 5.44. The predicted molar refractivity (Wildman–Crippen MR) is 64.9 cm³/mol. The van der Waals surface area contributed by atoms with Crippen LogP contribution in [0.25, 0.3) is 0 Å². The van der Waals surface area contributed by atoms with Crippen molar-refractivity contribution in [3.63, 3.8) is 0 Å². The molecule has 0 aliphatic rings. The van der Waals surface area contributed by atoms with Crippen molar-refractivity contribution >= 4 is 0 Å². The van der Waals surface area contributed by atoms with Crippen LogP contribution in [0.5, 0.6) is 0 Å². The highest BCUT2D eigenvalue weighted by Crippen LogP contribution is 2.04.